The first kappa shape index (κ1) is 14.0. The highest BCUT2D eigenvalue weighted by atomic mass is 32.2. The average molecular weight is 288 g/mol. The molecular weight excluding hydrogens is 264 g/mol. The van der Waals surface area contributed by atoms with E-state index >= 15 is 0 Å². The lowest BCUT2D eigenvalue weighted by atomic mass is 9.81. The molecule has 1 saturated heterocycles. The second-order valence-electron chi connectivity index (χ2n) is 5.87. The van der Waals surface area contributed by atoms with Crippen molar-refractivity contribution in [3.8, 4) is 0 Å². The van der Waals surface area contributed by atoms with Gasteiger partial charge in [0.05, 0.1) is 0 Å². The van der Waals surface area contributed by atoms with Crippen molar-refractivity contribution in [1.82, 2.24) is 4.57 Å². The maximum absolute atomic E-state index is 6.19. The van der Waals surface area contributed by atoms with Gasteiger partial charge < -0.3 is 10.3 Å². The number of fused-ring (bicyclic) bond motifs is 1. The quantitative estimate of drug-likeness (QED) is 0.934. The first-order valence-corrected chi connectivity index (χ1v) is 8.71. The molecule has 1 aliphatic heterocycles. The lowest BCUT2D eigenvalue weighted by Crippen LogP contribution is -2.25. The number of thioether (sulfide) groups is 1. The van der Waals surface area contributed by atoms with Crippen LogP contribution in [0.15, 0.2) is 24.3 Å². The summed E-state index contributed by atoms with van der Waals surface area (Å²) in [5, 5.41) is 1.40. The molecule has 1 atom stereocenters. The number of nitrogens with two attached hydrogens (primary N) is 1. The molecule has 3 heteroatoms. The fourth-order valence-electron chi connectivity index (χ4n) is 3.68. The van der Waals surface area contributed by atoms with Crippen LogP contribution in [-0.4, -0.2) is 22.6 Å². The monoisotopic (exact) mass is 288 g/mol. The molecule has 0 aliphatic carbocycles. The maximum atomic E-state index is 6.19. The van der Waals surface area contributed by atoms with E-state index < -0.39 is 0 Å². The summed E-state index contributed by atoms with van der Waals surface area (Å²) in [6, 6.07) is 8.75. The van der Waals surface area contributed by atoms with Crippen molar-refractivity contribution in [2.75, 3.05) is 18.1 Å². The molecule has 0 bridgehead atoms. The third-order valence-corrected chi connectivity index (χ3v) is 5.96. The van der Waals surface area contributed by atoms with Crippen LogP contribution in [0.2, 0.25) is 0 Å². The van der Waals surface area contributed by atoms with Crippen LogP contribution in [0, 0.1) is 12.8 Å². The van der Waals surface area contributed by atoms with Gasteiger partial charge in [0.1, 0.15) is 0 Å². The first-order chi connectivity index (χ1) is 9.74. The van der Waals surface area contributed by atoms with E-state index in [2.05, 4.69) is 54.6 Å². The molecule has 108 valence electrons. The van der Waals surface area contributed by atoms with Crippen LogP contribution in [-0.2, 0) is 7.05 Å². The van der Waals surface area contributed by atoms with Crippen LogP contribution >= 0.6 is 11.8 Å². The topological polar surface area (TPSA) is 30.9 Å². The second kappa shape index (κ2) is 5.82. The zero-order chi connectivity index (χ0) is 14.1. The Labute approximate surface area is 125 Å². The number of para-hydroxylation sites is 1. The third-order valence-electron chi connectivity index (χ3n) is 4.91. The number of nitrogens with zero attached hydrogens (tertiary/aromatic N) is 1. The normalized spacial score (nSPS) is 18.6. The molecule has 2 nitrogen and oxygen atoms in total. The van der Waals surface area contributed by atoms with Gasteiger partial charge in [-0.15, -0.1) is 0 Å². The highest BCUT2D eigenvalue weighted by molar-refractivity contribution is 7.99. The van der Waals surface area contributed by atoms with Gasteiger partial charge in [0.25, 0.3) is 0 Å². The van der Waals surface area contributed by atoms with Crippen LogP contribution < -0.4 is 5.73 Å². The van der Waals surface area contributed by atoms with Gasteiger partial charge in [0, 0.05) is 29.6 Å². The molecule has 2 aromatic rings. The van der Waals surface area contributed by atoms with Crippen LogP contribution in [0.1, 0.15) is 30.0 Å². The fourth-order valence-corrected chi connectivity index (χ4v) is 4.83. The van der Waals surface area contributed by atoms with Crippen LogP contribution in [0.3, 0.4) is 0 Å². The minimum absolute atomic E-state index is 0.516. The number of aryl methyl sites for hydroxylation is 1. The van der Waals surface area contributed by atoms with E-state index in [1.165, 1.54) is 46.5 Å². The summed E-state index contributed by atoms with van der Waals surface area (Å²) in [6.45, 7) is 3.01. The van der Waals surface area contributed by atoms with Crippen molar-refractivity contribution in [3.63, 3.8) is 0 Å². The first-order valence-electron chi connectivity index (χ1n) is 7.55. The van der Waals surface area contributed by atoms with Crippen LogP contribution in [0.5, 0.6) is 0 Å². The van der Waals surface area contributed by atoms with E-state index in [-0.39, 0.29) is 0 Å². The van der Waals surface area contributed by atoms with Crippen molar-refractivity contribution in [1.29, 1.82) is 0 Å². The minimum atomic E-state index is 0.516. The number of aromatic nitrogens is 1. The average Bonchev–Trinajstić information content (AvgIpc) is 2.75. The molecule has 0 amide bonds. The van der Waals surface area contributed by atoms with E-state index in [4.69, 9.17) is 5.73 Å². The molecular formula is C17H24N2S. The Bertz CT molecular complexity index is 596. The van der Waals surface area contributed by atoms with Crippen molar-refractivity contribution in [2.45, 2.75) is 25.7 Å². The smallest absolute Gasteiger partial charge is 0.0482 e. The van der Waals surface area contributed by atoms with Crippen molar-refractivity contribution >= 4 is 22.7 Å². The highest BCUT2D eigenvalue weighted by Crippen LogP contribution is 2.39. The summed E-state index contributed by atoms with van der Waals surface area (Å²) in [7, 11) is 2.17. The SMILES string of the molecule is Cc1c(C(CN)C2CCSCC2)c2ccccc2n1C. The van der Waals surface area contributed by atoms with E-state index in [0.717, 1.165) is 12.5 Å². The summed E-state index contributed by atoms with van der Waals surface area (Å²) in [5.74, 6) is 3.86. The van der Waals surface area contributed by atoms with Crippen molar-refractivity contribution in [2.24, 2.45) is 18.7 Å². The molecule has 2 heterocycles. The Kier molecular flexibility index (Phi) is 4.08. The Morgan fingerprint density at radius 1 is 1.30 bits per heavy atom. The summed E-state index contributed by atoms with van der Waals surface area (Å²) in [5.41, 5.74) is 10.4. The lowest BCUT2D eigenvalue weighted by molar-refractivity contribution is 0.401. The van der Waals surface area contributed by atoms with E-state index in [9.17, 15) is 0 Å². The van der Waals surface area contributed by atoms with E-state index in [1.54, 1.807) is 0 Å². The van der Waals surface area contributed by atoms with Gasteiger partial charge in [-0.3, -0.25) is 0 Å². The van der Waals surface area contributed by atoms with Gasteiger partial charge in [0.15, 0.2) is 0 Å². The van der Waals surface area contributed by atoms with Gasteiger partial charge >= 0.3 is 0 Å². The molecule has 1 aromatic heterocycles. The molecule has 1 aromatic carbocycles. The van der Waals surface area contributed by atoms with Crippen molar-refractivity contribution < 1.29 is 0 Å². The predicted octanol–water partition coefficient (Wildman–Crippen LogP) is 3.67. The molecule has 1 fully saturated rings. The zero-order valence-corrected chi connectivity index (χ0v) is 13.2. The van der Waals surface area contributed by atoms with E-state index in [0.29, 0.717) is 5.92 Å². The molecule has 0 radical (unpaired) electrons. The predicted molar refractivity (Wildman–Crippen MR) is 89.5 cm³/mol. The molecule has 2 N–H and O–H groups in total. The Hall–Kier alpha value is -0.930. The van der Waals surface area contributed by atoms with Crippen molar-refractivity contribution in [3.05, 3.63) is 35.5 Å². The van der Waals surface area contributed by atoms with Crippen LogP contribution in [0.25, 0.3) is 10.9 Å². The Morgan fingerprint density at radius 3 is 2.70 bits per heavy atom. The molecule has 3 rings (SSSR count). The summed E-state index contributed by atoms with van der Waals surface area (Å²) in [6.07, 6.45) is 2.63. The number of benzene rings is 1. The summed E-state index contributed by atoms with van der Waals surface area (Å²) >= 11 is 2.09. The Morgan fingerprint density at radius 2 is 2.00 bits per heavy atom. The number of hydrogen-bond acceptors (Lipinski definition) is 2. The lowest BCUT2D eigenvalue weighted by Gasteiger charge is -2.30. The number of rotatable bonds is 3. The molecule has 1 unspecified atom stereocenters. The van der Waals surface area contributed by atoms with Gasteiger partial charge in [-0.2, -0.15) is 11.8 Å². The molecule has 0 spiro atoms. The van der Waals surface area contributed by atoms with Gasteiger partial charge in [-0.05, 0) is 55.4 Å². The van der Waals surface area contributed by atoms with Gasteiger partial charge in [-0.25, -0.2) is 0 Å². The fraction of sp³-hybridized carbons (Fsp3) is 0.529. The molecule has 1 aliphatic rings. The zero-order valence-electron chi connectivity index (χ0n) is 12.4. The largest absolute Gasteiger partial charge is 0.348 e. The van der Waals surface area contributed by atoms with Crippen LogP contribution in [0.4, 0.5) is 0 Å². The van der Waals surface area contributed by atoms with Gasteiger partial charge in [-0.1, -0.05) is 18.2 Å². The van der Waals surface area contributed by atoms with Gasteiger partial charge in [0.2, 0.25) is 0 Å². The number of hydrogen-bond donors (Lipinski definition) is 1. The summed E-state index contributed by atoms with van der Waals surface area (Å²) in [4.78, 5) is 0. The third kappa shape index (κ3) is 2.27. The molecule has 0 saturated carbocycles. The van der Waals surface area contributed by atoms with E-state index in [1.807, 2.05) is 0 Å². The molecule has 20 heavy (non-hydrogen) atoms. The summed E-state index contributed by atoms with van der Waals surface area (Å²) < 4.78 is 2.32. The highest BCUT2D eigenvalue weighted by Gasteiger charge is 2.28. The minimum Gasteiger partial charge on any atom is -0.348 e. The second-order valence-corrected chi connectivity index (χ2v) is 7.09. The maximum Gasteiger partial charge on any atom is 0.0482 e. The standard InChI is InChI=1S/C17H24N2S/c1-12-17(14-5-3-4-6-16(14)19(12)2)15(11-18)13-7-9-20-10-8-13/h3-6,13,15H,7-11,18H2,1-2H3. The Balaban J connectivity index is 2.09.